The molecule has 0 atom stereocenters. The van der Waals surface area contributed by atoms with Crippen molar-refractivity contribution in [3.63, 3.8) is 0 Å². The molecule has 29 heavy (non-hydrogen) atoms. The zero-order valence-corrected chi connectivity index (χ0v) is 16.5. The van der Waals surface area contributed by atoms with Crippen LogP contribution >= 0.6 is 0 Å². The second kappa shape index (κ2) is 8.47. The summed E-state index contributed by atoms with van der Waals surface area (Å²) in [5.74, 6) is 0.691. The summed E-state index contributed by atoms with van der Waals surface area (Å²) in [7, 11) is 0. The van der Waals surface area contributed by atoms with Gasteiger partial charge in [0.05, 0.1) is 5.39 Å². The quantitative estimate of drug-likeness (QED) is 0.671. The van der Waals surface area contributed by atoms with Gasteiger partial charge >= 0.3 is 0 Å². The van der Waals surface area contributed by atoms with E-state index in [-0.39, 0.29) is 23.5 Å². The summed E-state index contributed by atoms with van der Waals surface area (Å²) in [5.41, 5.74) is 2.63. The maximum atomic E-state index is 12.5. The number of rotatable bonds is 5. The molecule has 0 spiro atoms. The average molecular weight is 391 g/mol. The molecule has 150 valence electrons. The van der Waals surface area contributed by atoms with Gasteiger partial charge in [-0.3, -0.25) is 9.59 Å². The number of aromatic nitrogens is 1. The lowest BCUT2D eigenvalue weighted by atomic mass is 9.78. The van der Waals surface area contributed by atoms with Crippen molar-refractivity contribution in [2.75, 3.05) is 11.9 Å². The van der Waals surface area contributed by atoms with Gasteiger partial charge in [0.25, 0.3) is 5.91 Å². The molecule has 0 unspecified atom stereocenters. The molecule has 1 aliphatic carbocycles. The van der Waals surface area contributed by atoms with E-state index in [1.165, 1.54) is 5.56 Å². The Hall–Kier alpha value is -3.15. The molecule has 1 saturated carbocycles. The third-order valence-corrected chi connectivity index (χ3v) is 5.68. The second-order valence-corrected chi connectivity index (χ2v) is 7.55. The van der Waals surface area contributed by atoms with Crippen LogP contribution in [0, 0.1) is 5.92 Å². The van der Waals surface area contributed by atoms with E-state index in [9.17, 15) is 9.59 Å². The number of hydrogen-bond donors (Lipinski definition) is 2. The van der Waals surface area contributed by atoms with Gasteiger partial charge in [0, 0.05) is 18.2 Å². The first-order chi connectivity index (χ1) is 14.2. The van der Waals surface area contributed by atoms with Crippen LogP contribution in [0.1, 0.15) is 54.6 Å². The lowest BCUT2D eigenvalue weighted by Gasteiger charge is -2.28. The number of fused-ring (bicyclic) bond motifs is 1. The van der Waals surface area contributed by atoms with Gasteiger partial charge in [-0.1, -0.05) is 29.4 Å². The minimum Gasteiger partial charge on any atom is -0.356 e. The van der Waals surface area contributed by atoms with E-state index >= 15 is 0 Å². The van der Waals surface area contributed by atoms with Crippen LogP contribution < -0.4 is 10.6 Å². The van der Waals surface area contributed by atoms with Crippen molar-refractivity contribution >= 4 is 28.4 Å². The van der Waals surface area contributed by atoms with Crippen molar-refractivity contribution in [3.8, 4) is 0 Å². The summed E-state index contributed by atoms with van der Waals surface area (Å²) in [6.45, 7) is 2.64. The molecule has 0 radical (unpaired) electrons. The predicted molar refractivity (Wildman–Crippen MR) is 112 cm³/mol. The number of benzene rings is 2. The molecule has 1 aromatic heterocycles. The normalized spacial score (nSPS) is 19.1. The topological polar surface area (TPSA) is 84.2 Å². The van der Waals surface area contributed by atoms with Crippen LogP contribution in [0.4, 0.5) is 5.69 Å². The Morgan fingerprint density at radius 3 is 2.48 bits per heavy atom. The molecule has 2 aromatic carbocycles. The van der Waals surface area contributed by atoms with Crippen molar-refractivity contribution in [1.82, 2.24) is 10.5 Å². The van der Waals surface area contributed by atoms with Crippen molar-refractivity contribution in [2.45, 2.75) is 38.5 Å². The molecule has 4 rings (SSSR count). The number of carbonyl (C=O) groups is 2. The van der Waals surface area contributed by atoms with Gasteiger partial charge in [-0.15, -0.1) is 0 Å². The molecule has 1 aliphatic rings. The van der Waals surface area contributed by atoms with Gasteiger partial charge < -0.3 is 15.2 Å². The number of hydrogen-bond acceptors (Lipinski definition) is 4. The molecule has 2 N–H and O–H groups in total. The molecule has 1 heterocycles. The lowest BCUT2D eigenvalue weighted by Crippen LogP contribution is -2.32. The van der Waals surface area contributed by atoms with E-state index in [4.69, 9.17) is 4.52 Å². The maximum absolute atomic E-state index is 12.5. The molecular formula is C23H25N3O3. The lowest BCUT2D eigenvalue weighted by molar-refractivity contribution is -0.125. The van der Waals surface area contributed by atoms with Gasteiger partial charge in [0.15, 0.2) is 0 Å². The van der Waals surface area contributed by atoms with Gasteiger partial charge in [-0.25, -0.2) is 0 Å². The summed E-state index contributed by atoms with van der Waals surface area (Å²) in [5, 5.41) is 10.4. The highest BCUT2D eigenvalue weighted by atomic mass is 16.5. The fourth-order valence-electron chi connectivity index (χ4n) is 4.09. The Morgan fingerprint density at radius 2 is 1.76 bits per heavy atom. The van der Waals surface area contributed by atoms with Crippen molar-refractivity contribution in [1.29, 1.82) is 0 Å². The predicted octanol–water partition coefficient (Wildman–Crippen LogP) is 4.49. The summed E-state index contributed by atoms with van der Waals surface area (Å²) >= 11 is 0. The minimum atomic E-state index is -0.311. The Morgan fingerprint density at radius 1 is 1.03 bits per heavy atom. The SMILES string of the molecule is CCNC(=O)[C@H]1CC[C@H](c2ccc(NC(=O)c3onc4ccccc34)cc2)CC1. The highest BCUT2D eigenvalue weighted by molar-refractivity contribution is 6.10. The van der Waals surface area contributed by atoms with Crippen LogP contribution in [0.3, 0.4) is 0 Å². The van der Waals surface area contributed by atoms with Crippen LogP contribution in [-0.2, 0) is 4.79 Å². The van der Waals surface area contributed by atoms with Gasteiger partial charge in [0.2, 0.25) is 11.7 Å². The van der Waals surface area contributed by atoms with E-state index in [1.807, 2.05) is 43.3 Å². The first-order valence-corrected chi connectivity index (χ1v) is 10.2. The monoisotopic (exact) mass is 391 g/mol. The second-order valence-electron chi connectivity index (χ2n) is 7.55. The van der Waals surface area contributed by atoms with E-state index in [0.717, 1.165) is 31.4 Å². The third-order valence-electron chi connectivity index (χ3n) is 5.68. The fraction of sp³-hybridized carbons (Fsp3) is 0.348. The van der Waals surface area contributed by atoms with E-state index in [1.54, 1.807) is 0 Å². The first-order valence-electron chi connectivity index (χ1n) is 10.2. The largest absolute Gasteiger partial charge is 0.356 e. The Labute approximate surface area is 169 Å². The third kappa shape index (κ3) is 4.16. The standard InChI is InChI=1S/C23H25N3O3/c1-2-24-22(27)17-9-7-15(8-10-17)16-11-13-18(14-12-16)25-23(28)21-19-5-3-4-6-20(19)26-29-21/h3-6,11-15,17H,2,7-10H2,1H3,(H,24,27)(H,25,28)/t15-,17-. The molecule has 0 saturated heterocycles. The summed E-state index contributed by atoms with van der Waals surface area (Å²) < 4.78 is 5.22. The van der Waals surface area contributed by atoms with Gasteiger partial charge in [-0.05, 0) is 68.4 Å². The Kier molecular flexibility index (Phi) is 5.60. The van der Waals surface area contributed by atoms with Crippen molar-refractivity contribution < 1.29 is 14.1 Å². The summed E-state index contributed by atoms with van der Waals surface area (Å²) in [4.78, 5) is 24.6. The van der Waals surface area contributed by atoms with Crippen LogP contribution in [-0.4, -0.2) is 23.5 Å². The van der Waals surface area contributed by atoms with Crippen LogP contribution in [0.15, 0.2) is 53.1 Å². The van der Waals surface area contributed by atoms with Crippen LogP contribution in [0.5, 0.6) is 0 Å². The first kappa shape index (κ1) is 19.2. The molecule has 6 heteroatoms. The number of nitrogens with one attached hydrogen (secondary N) is 2. The van der Waals surface area contributed by atoms with Gasteiger partial charge in [0.1, 0.15) is 5.52 Å². The number of nitrogens with zero attached hydrogens (tertiary/aromatic N) is 1. The Balaban J connectivity index is 1.37. The zero-order valence-electron chi connectivity index (χ0n) is 16.5. The highest BCUT2D eigenvalue weighted by Gasteiger charge is 2.26. The zero-order chi connectivity index (χ0) is 20.2. The van der Waals surface area contributed by atoms with Crippen molar-refractivity contribution in [2.24, 2.45) is 5.92 Å². The molecule has 1 fully saturated rings. The fourth-order valence-corrected chi connectivity index (χ4v) is 4.09. The Bertz CT molecular complexity index is 1000. The highest BCUT2D eigenvalue weighted by Crippen LogP contribution is 2.36. The van der Waals surface area contributed by atoms with Gasteiger partial charge in [-0.2, -0.15) is 0 Å². The molecule has 0 aliphatic heterocycles. The smallest absolute Gasteiger partial charge is 0.294 e. The molecule has 0 bridgehead atoms. The van der Waals surface area contributed by atoms with Crippen molar-refractivity contribution in [3.05, 3.63) is 59.9 Å². The minimum absolute atomic E-state index is 0.140. The van der Waals surface area contributed by atoms with Crippen LogP contribution in [0.2, 0.25) is 0 Å². The molecule has 3 aromatic rings. The van der Waals surface area contributed by atoms with E-state index in [0.29, 0.717) is 23.4 Å². The number of anilines is 1. The average Bonchev–Trinajstić information content (AvgIpc) is 3.19. The molecule has 6 nitrogen and oxygen atoms in total. The summed E-state index contributed by atoms with van der Waals surface area (Å²) in [6.07, 6.45) is 3.87. The van der Waals surface area contributed by atoms with Crippen LogP contribution in [0.25, 0.3) is 10.9 Å². The number of carbonyl (C=O) groups excluding carboxylic acids is 2. The summed E-state index contributed by atoms with van der Waals surface area (Å²) in [6, 6.07) is 15.3. The molecular weight excluding hydrogens is 366 g/mol. The van der Waals surface area contributed by atoms with E-state index in [2.05, 4.69) is 27.9 Å². The molecule has 2 amide bonds. The number of amides is 2. The maximum Gasteiger partial charge on any atom is 0.294 e. The van der Waals surface area contributed by atoms with E-state index < -0.39 is 0 Å².